The molecule has 3 aromatic rings. The van der Waals surface area contributed by atoms with E-state index in [9.17, 15) is 19.5 Å². The average molecular weight is 677 g/mol. The largest absolute Gasteiger partial charge is 0.444 e. The number of aliphatic hydroxyl groups excluding tert-OH is 1. The van der Waals surface area contributed by atoms with E-state index in [1.54, 1.807) is 33.3 Å². The van der Waals surface area contributed by atoms with Crippen LogP contribution in [0.1, 0.15) is 77.1 Å². The highest BCUT2D eigenvalue weighted by Crippen LogP contribution is 2.30. The fourth-order valence-electron chi connectivity index (χ4n) is 5.66. The van der Waals surface area contributed by atoms with Crippen molar-refractivity contribution in [1.82, 2.24) is 25.1 Å². The first kappa shape index (κ1) is 37.6. The van der Waals surface area contributed by atoms with Crippen LogP contribution in [-0.2, 0) is 25.7 Å². The molecule has 4 N–H and O–H groups in total. The van der Waals surface area contributed by atoms with Gasteiger partial charge in [0.25, 0.3) is 5.91 Å². The molecule has 2 unspecified atom stereocenters. The van der Waals surface area contributed by atoms with E-state index in [2.05, 4.69) is 32.8 Å². The number of imidazole rings is 1. The molecule has 0 aliphatic carbocycles. The van der Waals surface area contributed by atoms with E-state index >= 15 is 0 Å². The molecule has 0 spiro atoms. The van der Waals surface area contributed by atoms with Crippen LogP contribution in [0.4, 0.5) is 10.6 Å². The fraction of sp³-hybridized carbons (Fsp3) is 0.514. The van der Waals surface area contributed by atoms with Gasteiger partial charge in [0.05, 0.1) is 25.6 Å². The lowest BCUT2D eigenvalue weighted by atomic mass is 9.95. The molecule has 266 valence electrons. The number of anilines is 1. The van der Waals surface area contributed by atoms with Gasteiger partial charge in [-0.1, -0.05) is 61.5 Å². The molecule has 1 saturated heterocycles. The Bertz CT molecular complexity index is 1540. The molecule has 2 aromatic carbocycles. The lowest BCUT2D eigenvalue weighted by Crippen LogP contribution is -2.59. The predicted octanol–water partition coefficient (Wildman–Crippen LogP) is 4.77. The smallest absolute Gasteiger partial charge is 0.408 e. The fourth-order valence-corrected chi connectivity index (χ4v) is 5.66. The Balaban J connectivity index is 1.52. The zero-order valence-corrected chi connectivity index (χ0v) is 29.7. The number of rotatable bonds is 13. The quantitative estimate of drug-likeness (QED) is 0.203. The van der Waals surface area contributed by atoms with Crippen LogP contribution in [0.25, 0.3) is 0 Å². The van der Waals surface area contributed by atoms with E-state index in [4.69, 9.17) is 9.47 Å². The first-order valence-corrected chi connectivity index (χ1v) is 16.9. The number of carbonyl (C=O) groups is 3. The number of nitrogens with zero attached hydrogens (tertiary/aromatic N) is 3. The maximum absolute atomic E-state index is 13.7. The van der Waals surface area contributed by atoms with Gasteiger partial charge in [-0.15, -0.1) is 0 Å². The third-order valence-electron chi connectivity index (χ3n) is 8.55. The number of aryl methyl sites for hydroxylation is 1. The zero-order chi connectivity index (χ0) is 35.8. The van der Waals surface area contributed by atoms with E-state index in [-0.39, 0.29) is 19.0 Å². The Labute approximate surface area is 289 Å². The number of piperidine rings is 1. The van der Waals surface area contributed by atoms with Crippen LogP contribution in [0.15, 0.2) is 67.1 Å². The molecule has 0 saturated carbocycles. The van der Waals surface area contributed by atoms with Gasteiger partial charge in [-0.3, -0.25) is 14.5 Å². The highest BCUT2D eigenvalue weighted by atomic mass is 16.6. The number of aliphatic hydroxyl groups is 1. The Morgan fingerprint density at radius 2 is 1.65 bits per heavy atom. The van der Waals surface area contributed by atoms with Crippen LogP contribution in [0.2, 0.25) is 0 Å². The van der Waals surface area contributed by atoms with E-state index < -0.39 is 47.4 Å². The third-order valence-corrected chi connectivity index (χ3v) is 8.55. The molecule has 3 amide bonds. The van der Waals surface area contributed by atoms with Crippen molar-refractivity contribution in [1.29, 1.82) is 0 Å². The number of alkyl carbamates (subject to hydrolysis) is 1. The normalized spacial score (nSPS) is 16.3. The van der Waals surface area contributed by atoms with Crippen molar-refractivity contribution in [2.45, 2.75) is 97.4 Å². The highest BCUT2D eigenvalue weighted by Gasteiger charge is 2.35. The van der Waals surface area contributed by atoms with Crippen LogP contribution in [-0.4, -0.2) is 80.6 Å². The van der Waals surface area contributed by atoms with Gasteiger partial charge in [-0.05, 0) is 77.0 Å². The van der Waals surface area contributed by atoms with Gasteiger partial charge in [0, 0.05) is 19.3 Å². The van der Waals surface area contributed by atoms with Crippen molar-refractivity contribution < 1.29 is 29.0 Å². The van der Waals surface area contributed by atoms with Crippen LogP contribution in [0, 0.1) is 12.8 Å². The lowest BCUT2D eigenvalue weighted by molar-refractivity contribution is -0.131. The third kappa shape index (κ3) is 10.9. The summed E-state index contributed by atoms with van der Waals surface area (Å²) in [6.45, 7) is 14.1. The minimum absolute atomic E-state index is 0.145. The summed E-state index contributed by atoms with van der Waals surface area (Å²) in [5.74, 6) is -0.306. The van der Waals surface area contributed by atoms with Gasteiger partial charge >= 0.3 is 6.09 Å². The van der Waals surface area contributed by atoms with Crippen molar-refractivity contribution in [2.24, 2.45) is 5.92 Å². The van der Waals surface area contributed by atoms with Crippen molar-refractivity contribution in [2.75, 3.05) is 25.0 Å². The van der Waals surface area contributed by atoms with Gasteiger partial charge < -0.3 is 35.1 Å². The summed E-state index contributed by atoms with van der Waals surface area (Å²) in [7, 11) is 0. The summed E-state index contributed by atoms with van der Waals surface area (Å²) in [5.41, 5.74) is 0.710. The molecule has 0 radical (unpaired) electrons. The number of aromatic nitrogens is 2. The second-order valence-electron chi connectivity index (χ2n) is 14.4. The summed E-state index contributed by atoms with van der Waals surface area (Å²) in [5, 5.41) is 19.8. The SMILES string of the molecule is Cc1ccccc1C(C(O)N1CCC(C)CC1)n1cnc(NC(=O)[C@@H](COCc2ccccc2)NC(=O)C(C)(C)NC(=O)OC(C)(C)C)c1. The predicted molar refractivity (Wildman–Crippen MR) is 188 cm³/mol. The van der Waals surface area contributed by atoms with Crippen molar-refractivity contribution in [3.63, 3.8) is 0 Å². The van der Waals surface area contributed by atoms with E-state index in [1.807, 2.05) is 66.1 Å². The molecule has 2 heterocycles. The number of carbonyl (C=O) groups excluding carboxylic acids is 3. The Hall–Kier alpha value is -4.26. The second kappa shape index (κ2) is 16.4. The van der Waals surface area contributed by atoms with Gasteiger partial charge in [-0.2, -0.15) is 0 Å². The summed E-state index contributed by atoms with van der Waals surface area (Å²) < 4.78 is 13.0. The monoisotopic (exact) mass is 676 g/mol. The maximum Gasteiger partial charge on any atom is 0.408 e. The van der Waals surface area contributed by atoms with Crippen molar-refractivity contribution >= 4 is 23.7 Å². The Morgan fingerprint density at radius 3 is 2.31 bits per heavy atom. The number of likely N-dealkylation sites (tertiary alicyclic amines) is 1. The lowest BCUT2D eigenvalue weighted by Gasteiger charge is -2.38. The van der Waals surface area contributed by atoms with Crippen LogP contribution >= 0.6 is 0 Å². The topological polar surface area (TPSA) is 147 Å². The molecule has 12 heteroatoms. The Kier molecular flexibility index (Phi) is 12.6. The number of benzene rings is 2. The molecular formula is C37H52N6O6. The average Bonchev–Trinajstić information content (AvgIpc) is 3.48. The van der Waals surface area contributed by atoms with Crippen molar-refractivity contribution in [3.8, 4) is 0 Å². The molecule has 49 heavy (non-hydrogen) atoms. The van der Waals surface area contributed by atoms with Crippen LogP contribution in [0.3, 0.4) is 0 Å². The molecule has 1 fully saturated rings. The number of amides is 3. The van der Waals surface area contributed by atoms with Gasteiger partial charge in [0.1, 0.15) is 23.4 Å². The van der Waals surface area contributed by atoms with Crippen LogP contribution in [0.5, 0.6) is 0 Å². The maximum atomic E-state index is 13.7. The van der Waals surface area contributed by atoms with E-state index in [0.29, 0.717) is 5.92 Å². The molecule has 12 nitrogen and oxygen atoms in total. The second-order valence-corrected chi connectivity index (χ2v) is 14.4. The minimum Gasteiger partial charge on any atom is -0.444 e. The van der Waals surface area contributed by atoms with Crippen molar-refractivity contribution in [3.05, 3.63) is 83.8 Å². The molecule has 1 aromatic heterocycles. The number of nitrogens with one attached hydrogen (secondary N) is 3. The molecular weight excluding hydrogens is 624 g/mol. The van der Waals surface area contributed by atoms with Gasteiger partial charge in [0.15, 0.2) is 5.82 Å². The molecule has 1 aliphatic heterocycles. The van der Waals surface area contributed by atoms with Gasteiger partial charge in [-0.25, -0.2) is 9.78 Å². The standard InChI is InChI=1S/C37H52N6O6/c1-25-17-19-42(20-18-25)33(45)31(28-16-12-11-13-26(28)2)43-21-30(38-24-43)40-32(44)29(23-48-22-27-14-9-8-10-15-27)39-34(46)37(6,7)41-35(47)49-36(3,4)5/h8-16,21,24-25,29,31,33,45H,17-20,22-23H2,1-7H3,(H,39,46)(H,40,44)(H,41,47)/t29-,31?,33?/m1/s1. The van der Waals surface area contributed by atoms with Gasteiger partial charge in [0.2, 0.25) is 5.91 Å². The zero-order valence-electron chi connectivity index (χ0n) is 29.7. The summed E-state index contributed by atoms with van der Waals surface area (Å²) >= 11 is 0. The van der Waals surface area contributed by atoms with Crippen LogP contribution < -0.4 is 16.0 Å². The first-order valence-electron chi connectivity index (χ1n) is 16.9. The molecule has 0 bridgehead atoms. The summed E-state index contributed by atoms with van der Waals surface area (Å²) in [4.78, 5) is 46.2. The Morgan fingerprint density at radius 1 is 1.00 bits per heavy atom. The molecule has 1 aliphatic rings. The number of ether oxygens (including phenoxy) is 2. The summed E-state index contributed by atoms with van der Waals surface area (Å²) in [6.07, 6.45) is 3.71. The highest BCUT2D eigenvalue weighted by molar-refractivity contribution is 5.98. The molecule has 4 rings (SSSR count). The van der Waals surface area contributed by atoms with E-state index in [1.165, 1.54) is 13.8 Å². The van der Waals surface area contributed by atoms with E-state index in [0.717, 1.165) is 42.6 Å². The minimum atomic E-state index is -1.41. The molecule has 3 atom stereocenters. The summed E-state index contributed by atoms with van der Waals surface area (Å²) in [6, 6.07) is 15.8. The first-order chi connectivity index (χ1) is 23.1. The number of hydrogen-bond acceptors (Lipinski definition) is 8. The number of hydrogen-bond donors (Lipinski definition) is 4.